The van der Waals surface area contributed by atoms with Crippen molar-refractivity contribution < 1.29 is 14.3 Å². The first-order valence-corrected chi connectivity index (χ1v) is 9.14. The molecule has 1 saturated heterocycles. The van der Waals surface area contributed by atoms with Gasteiger partial charge in [-0.05, 0) is 26.8 Å². The van der Waals surface area contributed by atoms with E-state index in [0.29, 0.717) is 19.7 Å². The SMILES string of the molecule is COCc1cc2c(N3CCN(C(=O)OC(C)(C)C)CC3)ncnc2s1. The van der Waals surface area contributed by atoms with E-state index in [9.17, 15) is 4.79 Å². The Morgan fingerprint density at radius 2 is 1.96 bits per heavy atom. The number of aromatic nitrogens is 2. The summed E-state index contributed by atoms with van der Waals surface area (Å²) in [6.45, 7) is 8.91. The van der Waals surface area contributed by atoms with Gasteiger partial charge in [-0.1, -0.05) is 0 Å². The molecule has 0 bridgehead atoms. The monoisotopic (exact) mass is 364 g/mol. The first kappa shape index (κ1) is 17.9. The lowest BCUT2D eigenvalue weighted by Crippen LogP contribution is -2.50. The molecule has 1 amide bonds. The molecule has 136 valence electrons. The molecule has 2 aromatic rings. The van der Waals surface area contributed by atoms with Crippen molar-refractivity contribution in [3.8, 4) is 0 Å². The van der Waals surface area contributed by atoms with Crippen LogP contribution in [0.2, 0.25) is 0 Å². The minimum atomic E-state index is -0.471. The summed E-state index contributed by atoms with van der Waals surface area (Å²) in [5, 5.41) is 1.05. The van der Waals surface area contributed by atoms with E-state index in [2.05, 4.69) is 20.9 Å². The van der Waals surface area contributed by atoms with Crippen molar-refractivity contribution in [3.05, 3.63) is 17.3 Å². The number of ether oxygens (including phenoxy) is 2. The average Bonchev–Trinajstić information content (AvgIpc) is 2.96. The fourth-order valence-electron chi connectivity index (χ4n) is 2.79. The van der Waals surface area contributed by atoms with Crippen molar-refractivity contribution in [2.45, 2.75) is 33.0 Å². The van der Waals surface area contributed by atoms with Crippen LogP contribution in [0.5, 0.6) is 0 Å². The van der Waals surface area contributed by atoms with Gasteiger partial charge in [-0.3, -0.25) is 0 Å². The summed E-state index contributed by atoms with van der Waals surface area (Å²) in [5.74, 6) is 0.924. The number of hydrogen-bond donors (Lipinski definition) is 0. The van der Waals surface area contributed by atoms with E-state index in [1.54, 1.807) is 29.7 Å². The number of rotatable bonds is 3. The third-order valence-electron chi connectivity index (χ3n) is 3.88. The van der Waals surface area contributed by atoms with Crippen LogP contribution in [0.1, 0.15) is 25.6 Å². The van der Waals surface area contributed by atoms with Crippen LogP contribution in [0.3, 0.4) is 0 Å². The molecule has 1 aliphatic rings. The van der Waals surface area contributed by atoms with Gasteiger partial charge in [-0.15, -0.1) is 11.3 Å². The predicted molar refractivity (Wildman–Crippen MR) is 98.1 cm³/mol. The molecule has 7 nitrogen and oxygen atoms in total. The van der Waals surface area contributed by atoms with Crippen LogP contribution in [0, 0.1) is 0 Å². The highest BCUT2D eigenvalue weighted by Gasteiger charge is 2.27. The first-order chi connectivity index (χ1) is 11.9. The Balaban J connectivity index is 1.71. The second-order valence-corrected chi connectivity index (χ2v) is 8.13. The summed E-state index contributed by atoms with van der Waals surface area (Å²) in [6.07, 6.45) is 1.35. The van der Waals surface area contributed by atoms with Crippen LogP contribution in [-0.4, -0.2) is 59.9 Å². The maximum atomic E-state index is 12.2. The van der Waals surface area contributed by atoms with Gasteiger partial charge in [0.1, 0.15) is 22.6 Å². The second kappa shape index (κ2) is 7.13. The van der Waals surface area contributed by atoms with E-state index in [1.165, 1.54) is 0 Å². The Morgan fingerprint density at radius 3 is 2.60 bits per heavy atom. The smallest absolute Gasteiger partial charge is 0.410 e. The zero-order valence-electron chi connectivity index (χ0n) is 15.1. The average molecular weight is 364 g/mol. The molecule has 8 heteroatoms. The summed E-state index contributed by atoms with van der Waals surface area (Å²) >= 11 is 1.62. The Kier molecular flexibility index (Phi) is 5.10. The Bertz CT molecular complexity index is 748. The summed E-state index contributed by atoms with van der Waals surface area (Å²) < 4.78 is 10.7. The molecular weight excluding hydrogens is 340 g/mol. The summed E-state index contributed by atoms with van der Waals surface area (Å²) in [4.78, 5) is 27.1. The van der Waals surface area contributed by atoms with Gasteiger partial charge in [0.05, 0.1) is 12.0 Å². The van der Waals surface area contributed by atoms with Crippen molar-refractivity contribution in [1.82, 2.24) is 14.9 Å². The number of hydrogen-bond acceptors (Lipinski definition) is 7. The Morgan fingerprint density at radius 1 is 1.24 bits per heavy atom. The molecular formula is C17H24N4O3S. The first-order valence-electron chi connectivity index (χ1n) is 8.32. The molecule has 0 atom stereocenters. The van der Waals surface area contributed by atoms with Crippen molar-refractivity contribution in [2.24, 2.45) is 0 Å². The minimum Gasteiger partial charge on any atom is -0.444 e. The number of carbonyl (C=O) groups excluding carboxylic acids is 1. The fraction of sp³-hybridized carbons (Fsp3) is 0.588. The molecule has 0 spiro atoms. The molecule has 1 fully saturated rings. The highest BCUT2D eigenvalue weighted by atomic mass is 32.1. The number of piperazine rings is 1. The van der Waals surface area contributed by atoms with Crippen LogP contribution in [0.4, 0.5) is 10.6 Å². The van der Waals surface area contributed by atoms with E-state index < -0.39 is 5.60 Å². The molecule has 1 aliphatic heterocycles. The largest absolute Gasteiger partial charge is 0.444 e. The highest BCUT2D eigenvalue weighted by molar-refractivity contribution is 7.18. The van der Waals surface area contributed by atoms with Crippen LogP contribution < -0.4 is 4.90 Å². The van der Waals surface area contributed by atoms with Gasteiger partial charge >= 0.3 is 6.09 Å². The predicted octanol–water partition coefficient (Wildman–Crippen LogP) is 2.89. The number of amides is 1. The van der Waals surface area contributed by atoms with Gasteiger partial charge in [0, 0.05) is 38.2 Å². The van der Waals surface area contributed by atoms with E-state index in [1.807, 2.05) is 20.8 Å². The molecule has 0 radical (unpaired) electrons. The van der Waals surface area contributed by atoms with Crippen LogP contribution in [0.25, 0.3) is 10.2 Å². The van der Waals surface area contributed by atoms with Crippen molar-refractivity contribution in [3.63, 3.8) is 0 Å². The van der Waals surface area contributed by atoms with Gasteiger partial charge in [0.2, 0.25) is 0 Å². The lowest BCUT2D eigenvalue weighted by atomic mass is 10.2. The molecule has 3 rings (SSSR count). The lowest BCUT2D eigenvalue weighted by molar-refractivity contribution is 0.0240. The third kappa shape index (κ3) is 4.19. The molecule has 25 heavy (non-hydrogen) atoms. The lowest BCUT2D eigenvalue weighted by Gasteiger charge is -2.36. The van der Waals surface area contributed by atoms with Gasteiger partial charge in [0.15, 0.2) is 0 Å². The number of anilines is 1. The van der Waals surface area contributed by atoms with Crippen molar-refractivity contribution in [1.29, 1.82) is 0 Å². The number of nitrogens with zero attached hydrogens (tertiary/aromatic N) is 4. The maximum Gasteiger partial charge on any atom is 0.410 e. The van der Waals surface area contributed by atoms with E-state index in [0.717, 1.165) is 34.0 Å². The van der Waals surface area contributed by atoms with Gasteiger partial charge in [0.25, 0.3) is 0 Å². The topological polar surface area (TPSA) is 67.8 Å². The van der Waals surface area contributed by atoms with Gasteiger partial charge in [-0.25, -0.2) is 14.8 Å². The standard InChI is InChI=1S/C17H24N4O3S/c1-17(2,3)24-16(22)21-7-5-20(6-8-21)14-13-9-12(10-23-4)25-15(13)19-11-18-14/h9,11H,5-8,10H2,1-4H3. The number of thiophene rings is 1. The third-order valence-corrected chi connectivity index (χ3v) is 4.89. The molecule has 0 unspecified atom stereocenters. The van der Waals surface area contributed by atoms with E-state index in [4.69, 9.17) is 9.47 Å². The second-order valence-electron chi connectivity index (χ2n) is 7.02. The Labute approximate surface area is 151 Å². The molecule has 2 aromatic heterocycles. The van der Waals surface area contributed by atoms with Crippen molar-refractivity contribution in [2.75, 3.05) is 38.2 Å². The Hall–Kier alpha value is -1.93. The quantitative estimate of drug-likeness (QED) is 0.834. The summed E-state index contributed by atoms with van der Waals surface area (Å²) in [6, 6.07) is 2.10. The molecule has 0 aromatic carbocycles. The van der Waals surface area contributed by atoms with Crippen molar-refractivity contribution >= 4 is 33.5 Å². The maximum absolute atomic E-state index is 12.2. The molecule has 0 aliphatic carbocycles. The van der Waals surface area contributed by atoms with Crippen LogP contribution in [0.15, 0.2) is 12.4 Å². The highest BCUT2D eigenvalue weighted by Crippen LogP contribution is 2.31. The van der Waals surface area contributed by atoms with Crippen LogP contribution >= 0.6 is 11.3 Å². The normalized spacial score (nSPS) is 15.7. The molecule has 0 saturated carbocycles. The summed E-state index contributed by atoms with van der Waals surface area (Å²) in [7, 11) is 1.69. The van der Waals surface area contributed by atoms with E-state index in [-0.39, 0.29) is 6.09 Å². The number of carbonyl (C=O) groups is 1. The minimum absolute atomic E-state index is 0.252. The zero-order valence-corrected chi connectivity index (χ0v) is 15.9. The number of methoxy groups -OCH3 is 1. The van der Waals surface area contributed by atoms with Gasteiger partial charge in [-0.2, -0.15) is 0 Å². The molecule has 3 heterocycles. The number of fused-ring (bicyclic) bond motifs is 1. The molecule has 0 N–H and O–H groups in total. The van der Waals surface area contributed by atoms with Crippen LogP contribution in [-0.2, 0) is 16.1 Å². The van der Waals surface area contributed by atoms with E-state index >= 15 is 0 Å². The van der Waals surface area contributed by atoms with Gasteiger partial charge < -0.3 is 19.3 Å². The summed E-state index contributed by atoms with van der Waals surface area (Å²) in [5.41, 5.74) is -0.471. The zero-order chi connectivity index (χ0) is 18.0. The fourth-order valence-corrected chi connectivity index (χ4v) is 3.75.